The van der Waals surface area contributed by atoms with E-state index >= 15 is 0 Å². The third-order valence-electron chi connectivity index (χ3n) is 6.00. The molecule has 3 amide bonds. The van der Waals surface area contributed by atoms with Crippen molar-refractivity contribution in [2.24, 2.45) is 0 Å². The van der Waals surface area contributed by atoms with Gasteiger partial charge in [0.15, 0.2) is 0 Å². The molecule has 9 nitrogen and oxygen atoms in total. The van der Waals surface area contributed by atoms with E-state index in [2.05, 4.69) is 10.6 Å². The predicted octanol–water partition coefficient (Wildman–Crippen LogP) is 4.93. The zero-order valence-electron chi connectivity index (χ0n) is 23.0. The summed E-state index contributed by atoms with van der Waals surface area (Å²) in [5.74, 6) is -0.475. The van der Waals surface area contributed by atoms with Gasteiger partial charge in [0.05, 0.1) is 7.11 Å². The fourth-order valence-corrected chi connectivity index (χ4v) is 3.73. The lowest BCUT2D eigenvalue weighted by Crippen LogP contribution is -2.55. The van der Waals surface area contributed by atoms with Crippen molar-refractivity contribution in [3.8, 4) is 11.5 Å². The Balaban J connectivity index is 2.51. The summed E-state index contributed by atoms with van der Waals surface area (Å²) >= 11 is 0. The van der Waals surface area contributed by atoms with Crippen molar-refractivity contribution in [2.75, 3.05) is 19.0 Å². The number of para-hydroxylation sites is 1. The third kappa shape index (κ3) is 7.87. The van der Waals surface area contributed by atoms with Crippen LogP contribution >= 0.6 is 0 Å². The Kier molecular flexibility index (Phi) is 9.55. The molecule has 37 heavy (non-hydrogen) atoms. The lowest BCUT2D eigenvalue weighted by atomic mass is 9.91. The van der Waals surface area contributed by atoms with E-state index in [1.54, 1.807) is 77.3 Å². The molecule has 202 valence electrons. The number of aromatic hydroxyl groups is 1. The summed E-state index contributed by atoms with van der Waals surface area (Å²) in [6.45, 7) is 12.1. The number of hydrogen-bond donors (Lipinski definition) is 3. The highest BCUT2D eigenvalue weighted by Crippen LogP contribution is 2.37. The van der Waals surface area contributed by atoms with Crippen LogP contribution in [0.2, 0.25) is 0 Å². The molecule has 3 N–H and O–H groups in total. The maximum absolute atomic E-state index is 13.8. The van der Waals surface area contributed by atoms with Gasteiger partial charge in [0.1, 0.15) is 29.7 Å². The van der Waals surface area contributed by atoms with Crippen LogP contribution in [-0.2, 0) is 14.3 Å². The monoisotopic (exact) mass is 513 g/mol. The van der Waals surface area contributed by atoms with Gasteiger partial charge in [-0.25, -0.2) is 4.79 Å². The first kappa shape index (κ1) is 29.5. The van der Waals surface area contributed by atoms with Crippen LogP contribution in [0.25, 0.3) is 0 Å². The van der Waals surface area contributed by atoms with Crippen molar-refractivity contribution in [3.05, 3.63) is 53.6 Å². The minimum absolute atomic E-state index is 0.0813. The number of alkyl carbamates (subject to hydrolysis) is 1. The Labute approximate surface area is 219 Å². The van der Waals surface area contributed by atoms with Crippen molar-refractivity contribution >= 4 is 23.6 Å². The second-order valence-corrected chi connectivity index (χ2v) is 10.4. The quantitative estimate of drug-likeness (QED) is 0.438. The Hall–Kier alpha value is -3.75. The number of rotatable bonds is 9. The molecule has 1 unspecified atom stereocenters. The molecular weight excluding hydrogens is 474 g/mol. The van der Waals surface area contributed by atoms with Gasteiger partial charge < -0.3 is 30.1 Å². The van der Waals surface area contributed by atoms with Gasteiger partial charge in [0.25, 0.3) is 5.91 Å². The molecule has 1 atom stereocenters. The highest BCUT2D eigenvalue weighted by Gasteiger charge is 2.41. The highest BCUT2D eigenvalue weighted by molar-refractivity contribution is 5.99. The number of nitrogens with zero attached hydrogens (tertiary/aromatic N) is 1. The number of nitrogens with one attached hydrogen (secondary N) is 2. The zero-order valence-corrected chi connectivity index (χ0v) is 23.0. The molecule has 0 aliphatic rings. The number of hydrogen-bond acceptors (Lipinski definition) is 6. The summed E-state index contributed by atoms with van der Waals surface area (Å²) < 4.78 is 10.4. The topological polar surface area (TPSA) is 117 Å². The average Bonchev–Trinajstić information content (AvgIpc) is 2.82. The van der Waals surface area contributed by atoms with Gasteiger partial charge in [-0.05, 0) is 77.8 Å². The van der Waals surface area contributed by atoms with Crippen LogP contribution in [0.15, 0.2) is 42.5 Å². The van der Waals surface area contributed by atoms with Crippen molar-refractivity contribution in [2.45, 2.75) is 72.1 Å². The number of methoxy groups -OCH3 is 1. The van der Waals surface area contributed by atoms with Crippen LogP contribution in [0.3, 0.4) is 0 Å². The summed E-state index contributed by atoms with van der Waals surface area (Å²) in [5.41, 5.74) is -0.211. The molecule has 0 bridgehead atoms. The van der Waals surface area contributed by atoms with E-state index in [4.69, 9.17) is 9.47 Å². The Morgan fingerprint density at radius 1 is 1.03 bits per heavy atom. The number of phenols is 1. The van der Waals surface area contributed by atoms with E-state index in [0.717, 1.165) is 0 Å². The number of aryl methyl sites for hydroxylation is 1. The molecule has 0 saturated heterocycles. The maximum Gasteiger partial charge on any atom is 0.408 e. The first-order chi connectivity index (χ1) is 17.2. The van der Waals surface area contributed by atoms with E-state index < -0.39 is 41.6 Å². The van der Waals surface area contributed by atoms with Crippen molar-refractivity contribution in [3.63, 3.8) is 0 Å². The summed E-state index contributed by atoms with van der Waals surface area (Å²) in [7, 11) is 1.55. The Morgan fingerprint density at radius 2 is 1.65 bits per heavy atom. The zero-order chi connectivity index (χ0) is 28.0. The van der Waals surface area contributed by atoms with Crippen LogP contribution in [0.1, 0.15) is 65.1 Å². The standard InChI is InChI=1S/C28H39N3O6/c1-9-28(6,7)31(22(32)17-29-26(35)37-27(3,4)5)23(21-12-10-11-18(2)24(21)33)25(34)30-19-13-15-20(36-8)16-14-19/h10-16,23,33H,9,17H2,1-8H3,(H,29,35)(H,30,34). The van der Waals surface area contributed by atoms with Crippen LogP contribution in [0, 0.1) is 6.92 Å². The molecule has 2 aromatic carbocycles. The number of carbonyl (C=O) groups excluding carboxylic acids is 3. The number of benzene rings is 2. The van der Waals surface area contributed by atoms with Gasteiger partial charge in [-0.15, -0.1) is 0 Å². The highest BCUT2D eigenvalue weighted by atomic mass is 16.6. The van der Waals surface area contributed by atoms with Gasteiger partial charge in [0.2, 0.25) is 5.91 Å². The summed E-state index contributed by atoms with van der Waals surface area (Å²) in [6, 6.07) is 10.7. The van der Waals surface area contributed by atoms with Crippen molar-refractivity contribution in [1.82, 2.24) is 10.2 Å². The minimum Gasteiger partial charge on any atom is -0.507 e. The molecule has 0 heterocycles. The molecular formula is C28H39N3O6. The van der Waals surface area contributed by atoms with Gasteiger partial charge in [-0.1, -0.05) is 25.1 Å². The molecule has 9 heteroatoms. The Bertz CT molecular complexity index is 1110. The fourth-order valence-electron chi connectivity index (χ4n) is 3.73. The average molecular weight is 514 g/mol. The van der Waals surface area contributed by atoms with Crippen LogP contribution in [0.5, 0.6) is 11.5 Å². The lowest BCUT2D eigenvalue weighted by molar-refractivity contribution is -0.145. The molecule has 0 aromatic heterocycles. The van der Waals surface area contributed by atoms with Gasteiger partial charge >= 0.3 is 6.09 Å². The second-order valence-electron chi connectivity index (χ2n) is 10.4. The number of phenolic OH excluding ortho intramolecular Hbond substituents is 1. The first-order valence-corrected chi connectivity index (χ1v) is 12.2. The molecule has 0 radical (unpaired) electrons. The molecule has 2 aromatic rings. The van der Waals surface area contributed by atoms with Gasteiger partial charge in [-0.2, -0.15) is 0 Å². The van der Waals surface area contributed by atoms with E-state index in [1.807, 2.05) is 20.8 Å². The second kappa shape index (κ2) is 12.0. The number of ether oxygens (including phenoxy) is 2. The van der Waals surface area contributed by atoms with Gasteiger partial charge in [0, 0.05) is 16.8 Å². The Morgan fingerprint density at radius 3 is 2.19 bits per heavy atom. The van der Waals surface area contributed by atoms with E-state index in [1.165, 1.54) is 4.90 Å². The number of carbonyl (C=O) groups is 3. The smallest absolute Gasteiger partial charge is 0.408 e. The first-order valence-electron chi connectivity index (χ1n) is 12.2. The number of amides is 3. The van der Waals surface area contributed by atoms with Crippen LogP contribution < -0.4 is 15.4 Å². The summed E-state index contributed by atoms with van der Waals surface area (Å²) in [4.78, 5) is 41.1. The minimum atomic E-state index is -1.19. The largest absolute Gasteiger partial charge is 0.507 e. The molecule has 0 aliphatic heterocycles. The summed E-state index contributed by atoms with van der Waals surface area (Å²) in [6.07, 6.45) is -0.239. The SMILES string of the molecule is CCC(C)(C)N(C(=O)CNC(=O)OC(C)(C)C)C(C(=O)Nc1ccc(OC)cc1)c1cccc(C)c1O. The normalized spacial score (nSPS) is 12.3. The molecule has 0 fully saturated rings. The van der Waals surface area contributed by atoms with Gasteiger partial charge in [-0.3, -0.25) is 9.59 Å². The lowest BCUT2D eigenvalue weighted by Gasteiger charge is -2.43. The molecule has 0 spiro atoms. The van der Waals surface area contributed by atoms with E-state index in [9.17, 15) is 19.5 Å². The molecule has 2 rings (SSSR count). The molecule has 0 saturated carbocycles. The van der Waals surface area contributed by atoms with Crippen molar-refractivity contribution in [1.29, 1.82) is 0 Å². The van der Waals surface area contributed by atoms with E-state index in [0.29, 0.717) is 23.4 Å². The van der Waals surface area contributed by atoms with Crippen molar-refractivity contribution < 1.29 is 29.0 Å². The third-order valence-corrected chi connectivity index (χ3v) is 6.00. The predicted molar refractivity (Wildman–Crippen MR) is 143 cm³/mol. The number of anilines is 1. The fraction of sp³-hybridized carbons (Fsp3) is 0.464. The van der Waals surface area contributed by atoms with Crippen LogP contribution in [-0.4, -0.2) is 52.7 Å². The van der Waals surface area contributed by atoms with Crippen LogP contribution in [0.4, 0.5) is 10.5 Å². The van der Waals surface area contributed by atoms with E-state index in [-0.39, 0.29) is 11.3 Å². The summed E-state index contributed by atoms with van der Waals surface area (Å²) in [5, 5.41) is 16.3. The maximum atomic E-state index is 13.8. The molecule has 0 aliphatic carbocycles.